The summed E-state index contributed by atoms with van der Waals surface area (Å²) < 4.78 is 2.29. The molecule has 0 radical (unpaired) electrons. The second kappa shape index (κ2) is 7.56. The molecule has 23 heavy (non-hydrogen) atoms. The lowest BCUT2D eigenvalue weighted by Gasteiger charge is -2.17. The average Bonchev–Trinajstić information content (AvgIpc) is 2.81. The minimum atomic E-state index is -0.364. The van der Waals surface area contributed by atoms with Crippen LogP contribution in [0.15, 0.2) is 34.8 Å². The van der Waals surface area contributed by atoms with Gasteiger partial charge in [0.15, 0.2) is 10.8 Å². The highest BCUT2D eigenvalue weighted by Crippen LogP contribution is 2.19. The lowest BCUT2D eigenvalue weighted by molar-refractivity contribution is 0.0937. The van der Waals surface area contributed by atoms with Crippen LogP contribution in [0.2, 0.25) is 0 Å². The van der Waals surface area contributed by atoms with Crippen LogP contribution in [0.1, 0.15) is 34.7 Å². The molecule has 3 N–H and O–H groups in total. The van der Waals surface area contributed by atoms with Gasteiger partial charge in [-0.05, 0) is 47.6 Å². The molecule has 0 bridgehead atoms. The minimum Gasteiger partial charge on any atom is -0.355 e. The maximum atomic E-state index is 12.1. The fourth-order valence-electron chi connectivity index (χ4n) is 1.96. The van der Waals surface area contributed by atoms with Crippen molar-refractivity contribution < 1.29 is 4.79 Å². The number of hydrogen-bond acceptors (Lipinski definition) is 3. The topological polar surface area (TPSA) is 71.0 Å². The summed E-state index contributed by atoms with van der Waals surface area (Å²) in [5, 5.41) is 7.58. The Hall–Kier alpha value is -1.93. The molecule has 0 saturated carbocycles. The third kappa shape index (κ3) is 4.29. The van der Waals surface area contributed by atoms with Gasteiger partial charge in [0, 0.05) is 7.05 Å². The molecule has 0 fully saturated rings. The van der Waals surface area contributed by atoms with Gasteiger partial charge in [-0.25, -0.2) is 0 Å². The highest BCUT2D eigenvalue weighted by molar-refractivity contribution is 9.10. The smallest absolute Gasteiger partial charge is 0.291 e. The molecular weight excluding hydrogens is 378 g/mol. The Morgan fingerprint density at radius 1 is 1.30 bits per heavy atom. The average molecular weight is 396 g/mol. The van der Waals surface area contributed by atoms with Crippen LogP contribution >= 0.6 is 28.1 Å². The van der Waals surface area contributed by atoms with Crippen molar-refractivity contribution in [1.82, 2.24) is 25.9 Å². The van der Waals surface area contributed by atoms with E-state index in [4.69, 9.17) is 12.2 Å². The molecule has 0 aliphatic rings. The molecule has 0 aliphatic heterocycles. The predicted octanol–water partition coefficient (Wildman–Crippen LogP) is 2.36. The number of hydrogen-bond donors (Lipinski definition) is 3. The SMILES string of the molecule is Cc1c(Br)c(C(=O)NNC(=S)NC(C)c2ccccc2)nn1C. The van der Waals surface area contributed by atoms with Crippen molar-refractivity contribution in [3.05, 3.63) is 51.8 Å². The lowest BCUT2D eigenvalue weighted by atomic mass is 10.1. The largest absolute Gasteiger partial charge is 0.355 e. The highest BCUT2D eigenvalue weighted by Gasteiger charge is 2.17. The van der Waals surface area contributed by atoms with Gasteiger partial charge in [-0.1, -0.05) is 30.3 Å². The monoisotopic (exact) mass is 395 g/mol. The molecule has 6 nitrogen and oxygen atoms in total. The first-order valence-electron chi connectivity index (χ1n) is 7.01. The number of rotatable bonds is 3. The molecule has 0 saturated heterocycles. The molecule has 2 aromatic rings. The summed E-state index contributed by atoms with van der Waals surface area (Å²) in [5.74, 6) is -0.364. The van der Waals surface area contributed by atoms with E-state index in [9.17, 15) is 4.79 Å². The van der Waals surface area contributed by atoms with E-state index in [0.29, 0.717) is 15.3 Å². The maximum absolute atomic E-state index is 12.1. The molecule has 1 amide bonds. The van der Waals surface area contributed by atoms with E-state index in [1.807, 2.05) is 44.2 Å². The minimum absolute atomic E-state index is 0.0249. The summed E-state index contributed by atoms with van der Waals surface area (Å²) in [6, 6.07) is 9.93. The fraction of sp³-hybridized carbons (Fsp3) is 0.267. The molecule has 1 aromatic heterocycles. The number of carbonyl (C=O) groups is 1. The quantitative estimate of drug-likeness (QED) is 0.549. The van der Waals surface area contributed by atoms with Gasteiger partial charge in [0.2, 0.25) is 0 Å². The van der Waals surface area contributed by atoms with E-state index in [1.54, 1.807) is 11.7 Å². The van der Waals surface area contributed by atoms with Gasteiger partial charge in [0.1, 0.15) is 0 Å². The van der Waals surface area contributed by atoms with E-state index >= 15 is 0 Å². The Morgan fingerprint density at radius 2 is 1.96 bits per heavy atom. The van der Waals surface area contributed by atoms with Gasteiger partial charge in [-0.2, -0.15) is 5.10 Å². The van der Waals surface area contributed by atoms with Crippen LogP contribution in [0.25, 0.3) is 0 Å². The second-order valence-electron chi connectivity index (χ2n) is 5.06. The van der Waals surface area contributed by atoms with Crippen LogP contribution in [0.4, 0.5) is 0 Å². The number of aryl methyl sites for hydroxylation is 1. The van der Waals surface area contributed by atoms with Gasteiger partial charge >= 0.3 is 0 Å². The highest BCUT2D eigenvalue weighted by atomic mass is 79.9. The molecule has 0 spiro atoms. The zero-order valence-corrected chi connectivity index (χ0v) is 15.5. The van der Waals surface area contributed by atoms with Gasteiger partial charge in [0.25, 0.3) is 5.91 Å². The molecule has 1 aromatic carbocycles. The molecule has 1 atom stereocenters. The van der Waals surface area contributed by atoms with E-state index in [1.165, 1.54) is 0 Å². The van der Waals surface area contributed by atoms with Crippen molar-refractivity contribution in [1.29, 1.82) is 0 Å². The number of nitrogens with one attached hydrogen (secondary N) is 3. The first-order valence-corrected chi connectivity index (χ1v) is 8.21. The van der Waals surface area contributed by atoms with Crippen LogP contribution in [-0.4, -0.2) is 20.8 Å². The number of aromatic nitrogens is 2. The van der Waals surface area contributed by atoms with Crippen molar-refractivity contribution in [2.45, 2.75) is 19.9 Å². The second-order valence-corrected chi connectivity index (χ2v) is 6.26. The third-order valence-electron chi connectivity index (χ3n) is 3.41. The zero-order valence-electron chi connectivity index (χ0n) is 13.1. The Bertz CT molecular complexity index is 716. The molecule has 122 valence electrons. The normalized spacial score (nSPS) is 11.7. The Kier molecular flexibility index (Phi) is 5.73. The number of halogens is 1. The molecule has 2 rings (SSSR count). The van der Waals surface area contributed by atoms with E-state index in [-0.39, 0.29) is 11.9 Å². The van der Waals surface area contributed by atoms with Crippen molar-refractivity contribution in [2.75, 3.05) is 0 Å². The Labute approximate surface area is 148 Å². The summed E-state index contributed by atoms with van der Waals surface area (Å²) in [4.78, 5) is 12.1. The summed E-state index contributed by atoms with van der Waals surface area (Å²) >= 11 is 8.55. The first kappa shape index (κ1) is 17.4. The Morgan fingerprint density at radius 3 is 2.52 bits per heavy atom. The first-order chi connectivity index (χ1) is 10.9. The summed E-state index contributed by atoms with van der Waals surface area (Å²) in [6.45, 7) is 3.86. The predicted molar refractivity (Wildman–Crippen MR) is 96.8 cm³/mol. The van der Waals surface area contributed by atoms with Crippen molar-refractivity contribution in [2.24, 2.45) is 7.05 Å². The summed E-state index contributed by atoms with van der Waals surface area (Å²) in [6.07, 6.45) is 0. The fourth-order valence-corrected chi connectivity index (χ4v) is 2.70. The number of hydrazine groups is 1. The number of thiocarbonyl (C=S) groups is 1. The number of amides is 1. The number of carbonyl (C=O) groups excluding carboxylic acids is 1. The summed E-state index contributed by atoms with van der Waals surface area (Å²) in [7, 11) is 1.78. The van der Waals surface area contributed by atoms with Crippen LogP contribution < -0.4 is 16.2 Å². The van der Waals surface area contributed by atoms with E-state index < -0.39 is 0 Å². The molecule has 1 heterocycles. The van der Waals surface area contributed by atoms with Crippen molar-refractivity contribution >= 4 is 39.2 Å². The van der Waals surface area contributed by atoms with Crippen LogP contribution in [-0.2, 0) is 7.05 Å². The number of nitrogens with zero attached hydrogens (tertiary/aromatic N) is 2. The number of benzene rings is 1. The van der Waals surface area contributed by atoms with Crippen molar-refractivity contribution in [3.63, 3.8) is 0 Å². The molecule has 1 unspecified atom stereocenters. The molecule has 0 aliphatic carbocycles. The molecule has 8 heteroatoms. The molecular formula is C15H18BrN5OS. The third-order valence-corrected chi connectivity index (χ3v) is 4.58. The van der Waals surface area contributed by atoms with E-state index in [0.717, 1.165) is 11.3 Å². The van der Waals surface area contributed by atoms with Gasteiger partial charge in [-0.15, -0.1) is 0 Å². The standard InChI is InChI=1S/C15H18BrN5OS/c1-9(11-7-5-4-6-8-11)17-15(23)19-18-14(22)13-12(16)10(2)21(3)20-13/h4-9H,1-3H3,(H,18,22)(H2,17,19,23). The van der Waals surface area contributed by atoms with Crippen LogP contribution in [0.3, 0.4) is 0 Å². The van der Waals surface area contributed by atoms with E-state index in [2.05, 4.69) is 37.2 Å². The van der Waals surface area contributed by atoms with Crippen LogP contribution in [0, 0.1) is 6.92 Å². The van der Waals surface area contributed by atoms with Crippen molar-refractivity contribution in [3.8, 4) is 0 Å². The van der Waals surface area contributed by atoms with Gasteiger partial charge in [0.05, 0.1) is 16.2 Å². The van der Waals surface area contributed by atoms with Gasteiger partial charge in [-0.3, -0.25) is 20.3 Å². The maximum Gasteiger partial charge on any atom is 0.291 e. The lowest BCUT2D eigenvalue weighted by Crippen LogP contribution is -2.47. The Balaban J connectivity index is 1.89. The summed E-state index contributed by atoms with van der Waals surface area (Å²) in [5.41, 5.74) is 7.50. The van der Waals surface area contributed by atoms with Crippen LogP contribution in [0.5, 0.6) is 0 Å². The van der Waals surface area contributed by atoms with Gasteiger partial charge < -0.3 is 5.32 Å². The zero-order chi connectivity index (χ0) is 17.0.